The predicted molar refractivity (Wildman–Crippen MR) is 69.4 cm³/mol. The molecule has 0 saturated heterocycles. The van der Waals surface area contributed by atoms with E-state index in [4.69, 9.17) is 0 Å². The SMILES string of the molecule is Cc1ccc([N+](=O)[O-])cc1NCc1ccccn1. The minimum Gasteiger partial charge on any atom is -0.379 e. The van der Waals surface area contributed by atoms with Gasteiger partial charge in [-0.15, -0.1) is 0 Å². The summed E-state index contributed by atoms with van der Waals surface area (Å²) in [7, 11) is 0. The molecule has 0 spiro atoms. The molecule has 0 radical (unpaired) electrons. The summed E-state index contributed by atoms with van der Waals surface area (Å²) in [5, 5.41) is 13.9. The number of hydrogen-bond acceptors (Lipinski definition) is 4. The van der Waals surface area contributed by atoms with E-state index in [0.717, 1.165) is 16.9 Å². The molecular weight excluding hydrogens is 230 g/mol. The fourth-order valence-electron chi connectivity index (χ4n) is 1.60. The average Bonchev–Trinajstić information content (AvgIpc) is 2.38. The van der Waals surface area contributed by atoms with E-state index in [1.165, 1.54) is 12.1 Å². The van der Waals surface area contributed by atoms with Crippen LogP contribution in [0.25, 0.3) is 0 Å². The third-order valence-electron chi connectivity index (χ3n) is 2.62. The minimum absolute atomic E-state index is 0.0871. The smallest absolute Gasteiger partial charge is 0.271 e. The van der Waals surface area contributed by atoms with Crippen molar-refractivity contribution in [1.29, 1.82) is 0 Å². The van der Waals surface area contributed by atoms with Gasteiger partial charge in [-0.25, -0.2) is 0 Å². The van der Waals surface area contributed by atoms with Crippen molar-refractivity contribution in [3.63, 3.8) is 0 Å². The lowest BCUT2D eigenvalue weighted by Gasteiger charge is -2.08. The minimum atomic E-state index is -0.397. The first-order chi connectivity index (χ1) is 8.66. The van der Waals surface area contributed by atoms with Crippen molar-refractivity contribution < 1.29 is 4.92 Å². The molecule has 5 nitrogen and oxygen atoms in total. The molecular formula is C13H13N3O2. The van der Waals surface area contributed by atoms with E-state index in [1.54, 1.807) is 12.3 Å². The Kier molecular flexibility index (Phi) is 3.52. The van der Waals surface area contributed by atoms with Gasteiger partial charge in [0.15, 0.2) is 0 Å². The first kappa shape index (κ1) is 12.0. The van der Waals surface area contributed by atoms with Gasteiger partial charge in [-0.3, -0.25) is 15.1 Å². The van der Waals surface area contributed by atoms with Crippen LogP contribution in [0, 0.1) is 17.0 Å². The largest absolute Gasteiger partial charge is 0.379 e. The number of non-ortho nitro benzene ring substituents is 1. The molecule has 1 N–H and O–H groups in total. The van der Waals surface area contributed by atoms with Gasteiger partial charge in [-0.05, 0) is 24.6 Å². The molecule has 0 saturated carbocycles. The van der Waals surface area contributed by atoms with Gasteiger partial charge in [0.2, 0.25) is 0 Å². The number of hydrogen-bond donors (Lipinski definition) is 1. The van der Waals surface area contributed by atoms with Crippen LogP contribution in [0.4, 0.5) is 11.4 Å². The Hall–Kier alpha value is -2.43. The zero-order valence-corrected chi connectivity index (χ0v) is 9.96. The fraction of sp³-hybridized carbons (Fsp3) is 0.154. The zero-order valence-electron chi connectivity index (χ0n) is 9.96. The molecule has 0 aliphatic heterocycles. The Bertz CT molecular complexity index is 555. The van der Waals surface area contributed by atoms with Crippen molar-refractivity contribution in [2.75, 3.05) is 5.32 Å². The Balaban J connectivity index is 2.14. The summed E-state index contributed by atoms with van der Waals surface area (Å²) in [6, 6.07) is 10.4. The highest BCUT2D eigenvalue weighted by atomic mass is 16.6. The van der Waals surface area contributed by atoms with Crippen LogP contribution in [0.3, 0.4) is 0 Å². The van der Waals surface area contributed by atoms with Crippen LogP contribution >= 0.6 is 0 Å². The highest BCUT2D eigenvalue weighted by molar-refractivity contribution is 5.56. The van der Waals surface area contributed by atoms with Crippen molar-refractivity contribution in [3.8, 4) is 0 Å². The van der Waals surface area contributed by atoms with Gasteiger partial charge in [0.1, 0.15) is 0 Å². The van der Waals surface area contributed by atoms with E-state index < -0.39 is 4.92 Å². The van der Waals surface area contributed by atoms with Crippen molar-refractivity contribution in [2.24, 2.45) is 0 Å². The topological polar surface area (TPSA) is 68.1 Å². The van der Waals surface area contributed by atoms with E-state index in [0.29, 0.717) is 6.54 Å². The molecule has 1 aromatic heterocycles. The maximum atomic E-state index is 10.7. The molecule has 0 bridgehead atoms. The first-order valence-electron chi connectivity index (χ1n) is 5.55. The van der Waals surface area contributed by atoms with Crippen molar-refractivity contribution in [1.82, 2.24) is 4.98 Å². The lowest BCUT2D eigenvalue weighted by Crippen LogP contribution is -2.03. The molecule has 2 rings (SSSR count). The molecule has 0 aliphatic carbocycles. The van der Waals surface area contributed by atoms with Crippen LogP contribution in [0.15, 0.2) is 42.6 Å². The van der Waals surface area contributed by atoms with E-state index in [1.807, 2.05) is 25.1 Å². The molecule has 18 heavy (non-hydrogen) atoms. The third-order valence-corrected chi connectivity index (χ3v) is 2.62. The van der Waals surface area contributed by atoms with Crippen molar-refractivity contribution in [3.05, 3.63) is 64.0 Å². The summed E-state index contributed by atoms with van der Waals surface area (Å²) < 4.78 is 0. The highest BCUT2D eigenvalue weighted by Crippen LogP contribution is 2.22. The van der Waals surface area contributed by atoms with Crippen LogP contribution in [-0.2, 0) is 6.54 Å². The number of aromatic nitrogens is 1. The van der Waals surface area contributed by atoms with Gasteiger partial charge < -0.3 is 5.32 Å². The van der Waals surface area contributed by atoms with E-state index in [2.05, 4.69) is 10.3 Å². The molecule has 0 unspecified atom stereocenters. The monoisotopic (exact) mass is 243 g/mol. The van der Waals surface area contributed by atoms with Crippen LogP contribution in [-0.4, -0.2) is 9.91 Å². The summed E-state index contributed by atoms with van der Waals surface area (Å²) in [6.45, 7) is 2.45. The second kappa shape index (κ2) is 5.27. The maximum Gasteiger partial charge on any atom is 0.271 e. The summed E-state index contributed by atoms with van der Waals surface area (Å²) in [4.78, 5) is 14.5. The number of nitro benzene ring substituents is 1. The predicted octanol–water partition coefficient (Wildman–Crippen LogP) is 2.91. The van der Waals surface area contributed by atoms with Crippen LogP contribution in [0.2, 0.25) is 0 Å². The number of benzene rings is 1. The number of nitrogens with one attached hydrogen (secondary N) is 1. The molecule has 1 heterocycles. The molecule has 92 valence electrons. The molecule has 0 atom stereocenters. The van der Waals surface area contributed by atoms with E-state index in [-0.39, 0.29) is 5.69 Å². The Morgan fingerprint density at radius 2 is 2.17 bits per heavy atom. The third kappa shape index (κ3) is 2.82. The molecule has 0 fully saturated rings. The standard InChI is InChI=1S/C13H13N3O2/c1-10-5-6-12(16(17)18)8-13(10)15-9-11-4-2-3-7-14-11/h2-8,15H,9H2,1H3. The van der Waals surface area contributed by atoms with Gasteiger partial charge in [0.05, 0.1) is 17.2 Å². The molecule has 1 aromatic carbocycles. The quantitative estimate of drug-likeness (QED) is 0.662. The lowest BCUT2D eigenvalue weighted by molar-refractivity contribution is -0.384. The van der Waals surface area contributed by atoms with Crippen LogP contribution in [0.1, 0.15) is 11.3 Å². The second-order valence-electron chi connectivity index (χ2n) is 3.93. The van der Waals surface area contributed by atoms with Crippen molar-refractivity contribution in [2.45, 2.75) is 13.5 Å². The Labute approximate surface area is 105 Å². The lowest BCUT2D eigenvalue weighted by atomic mass is 10.2. The van der Waals surface area contributed by atoms with E-state index in [9.17, 15) is 10.1 Å². The summed E-state index contributed by atoms with van der Waals surface area (Å²) in [5.41, 5.74) is 2.71. The molecule has 5 heteroatoms. The molecule has 0 amide bonds. The Morgan fingerprint density at radius 3 is 2.83 bits per heavy atom. The molecule has 2 aromatic rings. The van der Waals surface area contributed by atoms with Gasteiger partial charge >= 0.3 is 0 Å². The summed E-state index contributed by atoms with van der Waals surface area (Å²) in [6.07, 6.45) is 1.72. The van der Waals surface area contributed by atoms with Crippen molar-refractivity contribution >= 4 is 11.4 Å². The first-order valence-corrected chi connectivity index (χ1v) is 5.55. The number of nitro groups is 1. The maximum absolute atomic E-state index is 10.7. The number of anilines is 1. The van der Waals surface area contributed by atoms with Gasteiger partial charge in [-0.1, -0.05) is 12.1 Å². The Morgan fingerprint density at radius 1 is 1.33 bits per heavy atom. The number of pyridine rings is 1. The van der Waals surface area contributed by atoms with Gasteiger partial charge in [0, 0.05) is 24.0 Å². The zero-order chi connectivity index (χ0) is 13.0. The summed E-state index contributed by atoms with van der Waals surface area (Å²) >= 11 is 0. The fourth-order valence-corrected chi connectivity index (χ4v) is 1.60. The number of nitrogens with zero attached hydrogens (tertiary/aromatic N) is 2. The molecule has 0 aliphatic rings. The number of aryl methyl sites for hydroxylation is 1. The number of rotatable bonds is 4. The van der Waals surface area contributed by atoms with Gasteiger partial charge in [-0.2, -0.15) is 0 Å². The summed E-state index contributed by atoms with van der Waals surface area (Å²) in [5.74, 6) is 0. The highest BCUT2D eigenvalue weighted by Gasteiger charge is 2.08. The normalized spacial score (nSPS) is 10.1. The second-order valence-corrected chi connectivity index (χ2v) is 3.93. The van der Waals surface area contributed by atoms with Gasteiger partial charge in [0.25, 0.3) is 5.69 Å². The van der Waals surface area contributed by atoms with Crippen LogP contribution < -0.4 is 5.32 Å². The average molecular weight is 243 g/mol. The van der Waals surface area contributed by atoms with E-state index >= 15 is 0 Å². The van der Waals surface area contributed by atoms with Crippen LogP contribution in [0.5, 0.6) is 0 Å².